The van der Waals surface area contributed by atoms with E-state index in [-0.39, 0.29) is 54.4 Å². The number of ether oxygens (including phenoxy) is 1. The molecule has 1 saturated heterocycles. The van der Waals surface area contributed by atoms with Crippen LogP contribution in [0.1, 0.15) is 17.2 Å². The average molecular weight is 457 g/mol. The highest BCUT2D eigenvalue weighted by Gasteiger charge is 2.46. The Bertz CT molecular complexity index is 1150. The number of hydrogen-bond acceptors (Lipinski definition) is 9. The number of nitro benzene ring substituents is 2. The number of amides is 1. The van der Waals surface area contributed by atoms with E-state index in [1.165, 1.54) is 42.5 Å². The maximum atomic E-state index is 12.9. The second-order valence-electron chi connectivity index (χ2n) is 6.99. The fourth-order valence-corrected chi connectivity index (χ4v) is 3.52. The number of hydrogen-bond donors (Lipinski definition) is 2. The van der Waals surface area contributed by atoms with Crippen molar-refractivity contribution in [3.63, 3.8) is 0 Å². The second kappa shape index (κ2) is 9.97. The van der Waals surface area contributed by atoms with Gasteiger partial charge in [-0.2, -0.15) is 0 Å². The number of aliphatic hydroxyl groups is 2. The predicted octanol–water partition coefficient (Wildman–Crippen LogP) is 1.93. The second-order valence-corrected chi connectivity index (χ2v) is 6.99. The Hall–Kier alpha value is -4.16. The molecule has 2 aromatic carbocycles. The standard InChI is InChI=1S/C21H19N3O9/c25-8-10-33-9-7-22-18(13-3-1-5-15(11-13)23(29)30)17(20(27)21(22)28)19(26)14-4-2-6-16(12-14)24(31)32/h1-6,11-12,18,25-26H,7-10H2/t18-/m1/s1. The summed E-state index contributed by atoms with van der Waals surface area (Å²) in [5, 5.41) is 42.1. The van der Waals surface area contributed by atoms with Crippen LogP contribution in [0.2, 0.25) is 0 Å². The minimum Gasteiger partial charge on any atom is -0.507 e. The highest BCUT2D eigenvalue weighted by molar-refractivity contribution is 6.46. The van der Waals surface area contributed by atoms with E-state index in [1.807, 2.05) is 0 Å². The maximum absolute atomic E-state index is 12.9. The average Bonchev–Trinajstić information content (AvgIpc) is 3.06. The Morgan fingerprint density at radius 2 is 1.64 bits per heavy atom. The molecule has 172 valence electrons. The summed E-state index contributed by atoms with van der Waals surface area (Å²) in [7, 11) is 0. The van der Waals surface area contributed by atoms with Gasteiger partial charge in [-0.1, -0.05) is 24.3 Å². The molecule has 1 aliphatic heterocycles. The van der Waals surface area contributed by atoms with Gasteiger partial charge in [-0.3, -0.25) is 29.8 Å². The van der Waals surface area contributed by atoms with Crippen molar-refractivity contribution >= 4 is 28.8 Å². The highest BCUT2D eigenvalue weighted by atomic mass is 16.6. The number of carbonyl (C=O) groups is 2. The van der Waals surface area contributed by atoms with Crippen molar-refractivity contribution in [3.8, 4) is 0 Å². The number of ketones is 1. The number of likely N-dealkylation sites (tertiary alicyclic amines) is 1. The zero-order chi connectivity index (χ0) is 24.1. The maximum Gasteiger partial charge on any atom is 0.295 e. The van der Waals surface area contributed by atoms with Crippen LogP contribution in [0, 0.1) is 20.2 Å². The number of rotatable bonds is 9. The summed E-state index contributed by atoms with van der Waals surface area (Å²) in [6.45, 7) is -0.404. The Balaban J connectivity index is 2.14. The molecule has 0 saturated carbocycles. The minimum absolute atomic E-state index is 0.000911. The van der Waals surface area contributed by atoms with E-state index in [4.69, 9.17) is 9.84 Å². The van der Waals surface area contributed by atoms with Crippen LogP contribution in [-0.4, -0.2) is 63.0 Å². The van der Waals surface area contributed by atoms with Gasteiger partial charge in [0.15, 0.2) is 0 Å². The van der Waals surface area contributed by atoms with Crippen molar-refractivity contribution in [3.05, 3.63) is 85.5 Å². The lowest BCUT2D eigenvalue weighted by molar-refractivity contribution is -0.385. The molecule has 0 aliphatic carbocycles. The fraction of sp³-hybridized carbons (Fsp3) is 0.238. The molecule has 0 radical (unpaired) electrons. The van der Waals surface area contributed by atoms with Crippen LogP contribution >= 0.6 is 0 Å². The number of Topliss-reactive ketones (excluding diaryl/α,β-unsaturated/α-hetero) is 1. The van der Waals surface area contributed by atoms with Gasteiger partial charge in [-0.15, -0.1) is 0 Å². The Morgan fingerprint density at radius 3 is 2.27 bits per heavy atom. The molecule has 1 amide bonds. The van der Waals surface area contributed by atoms with Crippen molar-refractivity contribution in [1.29, 1.82) is 0 Å². The van der Waals surface area contributed by atoms with Gasteiger partial charge in [0, 0.05) is 36.4 Å². The number of carbonyl (C=O) groups excluding carboxylic acids is 2. The molecule has 0 aromatic heterocycles. The molecule has 0 spiro atoms. The number of aliphatic hydroxyl groups excluding tert-OH is 2. The van der Waals surface area contributed by atoms with Crippen LogP contribution in [0.5, 0.6) is 0 Å². The molecule has 1 aliphatic rings. The van der Waals surface area contributed by atoms with Gasteiger partial charge < -0.3 is 19.8 Å². The van der Waals surface area contributed by atoms with Crippen LogP contribution in [-0.2, 0) is 14.3 Å². The topological polar surface area (TPSA) is 173 Å². The van der Waals surface area contributed by atoms with Crippen LogP contribution < -0.4 is 0 Å². The number of nitrogens with zero attached hydrogens (tertiary/aromatic N) is 3. The SMILES string of the molecule is O=C1C(=O)N(CCOCCO)[C@H](c2cccc([N+](=O)[O-])c2)C1=C(O)c1cccc([N+](=O)[O-])c1. The minimum atomic E-state index is -1.19. The van der Waals surface area contributed by atoms with Crippen molar-refractivity contribution in [1.82, 2.24) is 4.90 Å². The molecular formula is C21H19N3O9. The van der Waals surface area contributed by atoms with E-state index in [1.54, 1.807) is 0 Å². The van der Waals surface area contributed by atoms with E-state index in [2.05, 4.69) is 0 Å². The number of nitro groups is 2. The van der Waals surface area contributed by atoms with Crippen LogP contribution in [0.25, 0.3) is 5.76 Å². The lowest BCUT2D eigenvalue weighted by Gasteiger charge is -2.25. The first kappa shape index (κ1) is 23.5. The van der Waals surface area contributed by atoms with Gasteiger partial charge >= 0.3 is 0 Å². The van der Waals surface area contributed by atoms with E-state index in [9.17, 15) is 34.9 Å². The molecule has 0 unspecified atom stereocenters. The zero-order valence-corrected chi connectivity index (χ0v) is 17.1. The predicted molar refractivity (Wildman–Crippen MR) is 113 cm³/mol. The van der Waals surface area contributed by atoms with Gasteiger partial charge in [0.1, 0.15) is 5.76 Å². The summed E-state index contributed by atoms with van der Waals surface area (Å²) in [5.74, 6) is -2.66. The van der Waals surface area contributed by atoms with Crippen molar-refractivity contribution in [2.45, 2.75) is 6.04 Å². The van der Waals surface area contributed by atoms with Gasteiger partial charge in [0.25, 0.3) is 23.1 Å². The molecule has 1 atom stereocenters. The Labute approximate surface area is 186 Å². The highest BCUT2D eigenvalue weighted by Crippen LogP contribution is 2.40. The third-order valence-electron chi connectivity index (χ3n) is 4.98. The summed E-state index contributed by atoms with van der Waals surface area (Å²) in [5.41, 5.74) is -0.850. The summed E-state index contributed by atoms with van der Waals surface area (Å²) in [6.07, 6.45) is 0. The van der Waals surface area contributed by atoms with E-state index in [0.717, 1.165) is 11.0 Å². The molecule has 12 heteroatoms. The Kier molecular flexibility index (Phi) is 7.10. The lowest BCUT2D eigenvalue weighted by Crippen LogP contribution is -2.33. The largest absolute Gasteiger partial charge is 0.507 e. The summed E-state index contributed by atoms with van der Waals surface area (Å²) in [6, 6.07) is 8.97. The van der Waals surface area contributed by atoms with Gasteiger partial charge in [0.05, 0.1) is 41.3 Å². The summed E-state index contributed by atoms with van der Waals surface area (Å²) in [4.78, 5) is 47.8. The molecule has 0 bridgehead atoms. The van der Waals surface area contributed by atoms with Crippen LogP contribution in [0.3, 0.4) is 0 Å². The van der Waals surface area contributed by atoms with Crippen LogP contribution in [0.4, 0.5) is 11.4 Å². The van der Waals surface area contributed by atoms with Gasteiger partial charge in [0.2, 0.25) is 0 Å². The normalized spacial score (nSPS) is 17.4. The van der Waals surface area contributed by atoms with Crippen molar-refractivity contribution < 1.29 is 34.4 Å². The smallest absolute Gasteiger partial charge is 0.295 e. The van der Waals surface area contributed by atoms with Crippen molar-refractivity contribution in [2.75, 3.05) is 26.4 Å². The molecule has 33 heavy (non-hydrogen) atoms. The quantitative estimate of drug-likeness (QED) is 0.142. The monoisotopic (exact) mass is 457 g/mol. The van der Waals surface area contributed by atoms with E-state index < -0.39 is 33.3 Å². The first-order valence-corrected chi connectivity index (χ1v) is 9.72. The number of non-ortho nitro benzene ring substituents is 2. The van der Waals surface area contributed by atoms with E-state index >= 15 is 0 Å². The van der Waals surface area contributed by atoms with Crippen LogP contribution in [0.15, 0.2) is 54.1 Å². The molecule has 1 heterocycles. The third-order valence-corrected chi connectivity index (χ3v) is 4.98. The molecule has 12 nitrogen and oxygen atoms in total. The van der Waals surface area contributed by atoms with E-state index in [0.29, 0.717) is 0 Å². The first-order valence-electron chi connectivity index (χ1n) is 9.72. The summed E-state index contributed by atoms with van der Waals surface area (Å²) < 4.78 is 5.18. The molecule has 1 fully saturated rings. The Morgan fingerprint density at radius 1 is 1.00 bits per heavy atom. The molecule has 2 aromatic rings. The summed E-state index contributed by atoms with van der Waals surface area (Å²) >= 11 is 0. The first-order chi connectivity index (χ1) is 15.8. The van der Waals surface area contributed by atoms with Gasteiger partial charge in [-0.25, -0.2) is 0 Å². The number of benzene rings is 2. The van der Waals surface area contributed by atoms with Gasteiger partial charge in [-0.05, 0) is 5.56 Å². The van der Waals surface area contributed by atoms with Crippen molar-refractivity contribution in [2.24, 2.45) is 0 Å². The molecule has 2 N–H and O–H groups in total. The molecular weight excluding hydrogens is 438 g/mol. The third kappa shape index (κ3) is 4.86. The fourth-order valence-electron chi connectivity index (χ4n) is 3.52. The lowest BCUT2D eigenvalue weighted by atomic mass is 9.95. The zero-order valence-electron chi connectivity index (χ0n) is 17.1. The molecule has 3 rings (SSSR count).